The number of rotatable bonds is 0. The normalized spacial score (nSPS) is 58.9. The maximum atomic E-state index is 3.95. The van der Waals surface area contributed by atoms with Gasteiger partial charge in [0.2, 0.25) is 0 Å². The largest absolute Gasteiger partial charge is 0.287 e. The summed E-state index contributed by atoms with van der Waals surface area (Å²) in [5.41, 5.74) is 6.08. The van der Waals surface area contributed by atoms with Crippen LogP contribution in [0.25, 0.3) is 0 Å². The summed E-state index contributed by atoms with van der Waals surface area (Å²) < 4.78 is 0. The molecule has 1 unspecified atom stereocenters. The minimum atomic E-state index is 0.389. The average Bonchev–Trinajstić information content (AvgIpc) is 3.24. The SMILES string of the molecule is CC1=C2C[C@]34CC[C@H]5CCCC[C@]3(CC#CC[C@]36C=C[C@H]4N4C[C@]43CCC6)[C@@]25CC1. The minimum absolute atomic E-state index is 0.389. The molecule has 3 heterocycles. The second-order valence-electron chi connectivity index (χ2n) is 12.8. The molecule has 6 bridgehead atoms. The highest BCUT2D eigenvalue weighted by molar-refractivity contribution is 5.48. The molecule has 6 aliphatic carbocycles. The lowest BCUT2D eigenvalue weighted by Gasteiger charge is -2.62. The molecule has 0 N–H and O–H groups in total. The molecule has 1 heteroatoms. The molecule has 0 aromatic heterocycles. The van der Waals surface area contributed by atoms with Gasteiger partial charge in [-0.25, -0.2) is 0 Å². The Morgan fingerprint density at radius 1 is 0.967 bits per heavy atom. The Morgan fingerprint density at radius 2 is 1.90 bits per heavy atom. The van der Waals surface area contributed by atoms with Gasteiger partial charge in [-0.1, -0.05) is 42.6 Å². The third-order valence-corrected chi connectivity index (χ3v) is 12.7. The van der Waals surface area contributed by atoms with Gasteiger partial charge >= 0.3 is 0 Å². The smallest absolute Gasteiger partial charge is 0.0443 e. The number of nitrogens with zero attached hydrogens (tertiary/aromatic N) is 1. The monoisotopic (exact) mass is 399 g/mol. The predicted molar refractivity (Wildman–Crippen MR) is 121 cm³/mol. The maximum absolute atomic E-state index is 3.95. The molecule has 1 nitrogen and oxygen atoms in total. The Morgan fingerprint density at radius 3 is 2.87 bits per heavy atom. The molecule has 1 saturated heterocycles. The highest BCUT2D eigenvalue weighted by Crippen LogP contribution is 2.83. The van der Waals surface area contributed by atoms with E-state index in [1.165, 1.54) is 90.0 Å². The van der Waals surface area contributed by atoms with Crippen LogP contribution in [0, 0.1) is 39.4 Å². The van der Waals surface area contributed by atoms with E-state index in [2.05, 4.69) is 35.8 Å². The lowest BCUT2D eigenvalue weighted by molar-refractivity contribution is -0.123. The highest BCUT2D eigenvalue weighted by Gasteiger charge is 2.79. The van der Waals surface area contributed by atoms with Gasteiger partial charge in [-0.3, -0.25) is 4.90 Å². The topological polar surface area (TPSA) is 3.01 Å². The summed E-state index contributed by atoms with van der Waals surface area (Å²) >= 11 is 0. The van der Waals surface area contributed by atoms with Crippen molar-refractivity contribution in [2.24, 2.45) is 27.6 Å². The number of allylic oxidation sites excluding steroid dienone is 2. The van der Waals surface area contributed by atoms with Gasteiger partial charge in [0.05, 0.1) is 0 Å². The van der Waals surface area contributed by atoms with Crippen LogP contribution in [0.3, 0.4) is 0 Å². The van der Waals surface area contributed by atoms with Crippen LogP contribution in [0.2, 0.25) is 0 Å². The van der Waals surface area contributed by atoms with Gasteiger partial charge in [0.25, 0.3) is 0 Å². The molecule has 158 valence electrons. The molecule has 9 rings (SSSR count). The van der Waals surface area contributed by atoms with Crippen LogP contribution in [0.4, 0.5) is 0 Å². The van der Waals surface area contributed by atoms with Crippen molar-refractivity contribution in [1.82, 2.24) is 4.90 Å². The second-order valence-corrected chi connectivity index (χ2v) is 12.8. The van der Waals surface area contributed by atoms with Crippen molar-refractivity contribution in [2.45, 2.75) is 108 Å². The van der Waals surface area contributed by atoms with Crippen molar-refractivity contribution in [3.8, 4) is 11.8 Å². The fourth-order valence-electron chi connectivity index (χ4n) is 11.6. The van der Waals surface area contributed by atoms with Crippen molar-refractivity contribution in [3.63, 3.8) is 0 Å². The summed E-state index contributed by atoms with van der Waals surface area (Å²) in [5.74, 6) is 8.76. The summed E-state index contributed by atoms with van der Waals surface area (Å²) in [6.07, 6.45) is 25.3. The van der Waals surface area contributed by atoms with Crippen molar-refractivity contribution in [3.05, 3.63) is 23.3 Å². The summed E-state index contributed by atoms with van der Waals surface area (Å²) in [6.45, 7) is 3.89. The Kier molecular flexibility index (Phi) is 3.01. The second kappa shape index (κ2) is 5.14. The van der Waals surface area contributed by atoms with Gasteiger partial charge in [0, 0.05) is 47.2 Å². The lowest BCUT2D eigenvalue weighted by Crippen LogP contribution is -2.60. The van der Waals surface area contributed by atoms with E-state index in [0.29, 0.717) is 33.2 Å². The fraction of sp³-hybridized carbons (Fsp3) is 0.793. The summed E-state index contributed by atoms with van der Waals surface area (Å²) in [6, 6.07) is 0.699. The lowest BCUT2D eigenvalue weighted by atomic mass is 9.42. The molecule has 0 amide bonds. The van der Waals surface area contributed by atoms with E-state index in [9.17, 15) is 0 Å². The Hall–Kier alpha value is -1.00. The zero-order chi connectivity index (χ0) is 19.8. The summed E-state index contributed by atoms with van der Waals surface area (Å²) in [4.78, 5) is 3.06. The minimum Gasteiger partial charge on any atom is -0.287 e. The molecular formula is C29H37N. The molecule has 0 aromatic carbocycles. The molecule has 4 spiro atoms. The van der Waals surface area contributed by atoms with Crippen molar-refractivity contribution in [2.75, 3.05) is 6.54 Å². The Balaban J connectivity index is 1.42. The van der Waals surface area contributed by atoms with Crippen LogP contribution < -0.4 is 0 Å². The molecular weight excluding hydrogens is 362 g/mol. The first-order chi connectivity index (χ1) is 14.6. The molecule has 9 aliphatic rings. The molecule has 30 heavy (non-hydrogen) atoms. The Bertz CT molecular complexity index is 976. The molecule has 0 radical (unpaired) electrons. The first kappa shape index (κ1) is 17.5. The van der Waals surface area contributed by atoms with Crippen molar-refractivity contribution in [1.29, 1.82) is 0 Å². The fourth-order valence-corrected chi connectivity index (χ4v) is 11.6. The molecule has 3 aliphatic heterocycles. The van der Waals surface area contributed by atoms with Gasteiger partial charge in [-0.05, 0) is 76.0 Å². The van der Waals surface area contributed by atoms with Gasteiger partial charge in [0.1, 0.15) is 0 Å². The van der Waals surface area contributed by atoms with Crippen LogP contribution in [0.5, 0.6) is 0 Å². The van der Waals surface area contributed by atoms with E-state index < -0.39 is 0 Å². The van der Waals surface area contributed by atoms with Crippen LogP contribution in [-0.4, -0.2) is 23.0 Å². The average molecular weight is 400 g/mol. The van der Waals surface area contributed by atoms with E-state index in [-0.39, 0.29) is 0 Å². The highest BCUT2D eigenvalue weighted by atomic mass is 15.4. The van der Waals surface area contributed by atoms with Crippen molar-refractivity contribution >= 4 is 0 Å². The standard InChI is InChI=1S/C29H37N/c1-21-8-18-29-22-7-2-3-13-27(29)14-5-4-11-25-12-6-15-28(25)20-30(28)24(10-16-25)26(27,17-9-22)19-23(21)29/h10,16,22,24H,2-3,6-9,11-15,17-20H2,1H3/t22-,24-,25+,26+,27-,28+,29-,30?/m1/s1. The van der Waals surface area contributed by atoms with Gasteiger partial charge in [-0.15, -0.1) is 11.8 Å². The number of hydrogen-bond acceptors (Lipinski definition) is 1. The van der Waals surface area contributed by atoms with Gasteiger partial charge < -0.3 is 0 Å². The van der Waals surface area contributed by atoms with E-state index in [1.54, 1.807) is 5.57 Å². The van der Waals surface area contributed by atoms with Crippen LogP contribution in [0.1, 0.15) is 96.8 Å². The summed E-state index contributed by atoms with van der Waals surface area (Å²) in [7, 11) is 0. The number of fused-ring (bicyclic) bond motifs is 2. The first-order valence-electron chi connectivity index (χ1n) is 13.2. The molecule has 0 aromatic rings. The Labute approximate surface area is 182 Å². The maximum Gasteiger partial charge on any atom is 0.0443 e. The van der Waals surface area contributed by atoms with Crippen LogP contribution >= 0.6 is 0 Å². The number of hydrogen-bond donors (Lipinski definition) is 0. The van der Waals surface area contributed by atoms with Gasteiger partial charge in [-0.2, -0.15) is 0 Å². The van der Waals surface area contributed by atoms with Crippen molar-refractivity contribution < 1.29 is 0 Å². The van der Waals surface area contributed by atoms with E-state index >= 15 is 0 Å². The van der Waals surface area contributed by atoms with Gasteiger partial charge in [0.15, 0.2) is 0 Å². The van der Waals surface area contributed by atoms with E-state index in [1.807, 2.05) is 5.57 Å². The molecule has 4 saturated carbocycles. The van der Waals surface area contributed by atoms with Crippen LogP contribution in [0.15, 0.2) is 23.3 Å². The van der Waals surface area contributed by atoms with E-state index in [0.717, 1.165) is 12.3 Å². The third-order valence-electron chi connectivity index (χ3n) is 12.7. The van der Waals surface area contributed by atoms with E-state index in [4.69, 9.17) is 0 Å². The van der Waals surface area contributed by atoms with Crippen LogP contribution in [-0.2, 0) is 0 Å². The molecule has 5 fully saturated rings. The molecule has 8 atom stereocenters. The third kappa shape index (κ3) is 1.54. The zero-order valence-electron chi connectivity index (χ0n) is 18.9. The zero-order valence-corrected chi connectivity index (χ0v) is 18.9. The summed E-state index contributed by atoms with van der Waals surface area (Å²) in [5, 5.41) is 0. The first-order valence-corrected chi connectivity index (χ1v) is 13.2. The predicted octanol–water partition coefficient (Wildman–Crippen LogP) is 6.40. The quantitative estimate of drug-likeness (QED) is 0.259.